The molecule has 0 fully saturated rings. The molecule has 382 valence electrons. The van der Waals surface area contributed by atoms with E-state index in [4.69, 9.17) is 39.9 Å². The van der Waals surface area contributed by atoms with Crippen molar-refractivity contribution in [2.24, 2.45) is 0 Å². The molecule has 6 aromatic carbocycles. The van der Waals surface area contributed by atoms with Crippen LogP contribution in [-0.4, -0.2) is 49.8 Å². The van der Waals surface area contributed by atoms with Crippen molar-refractivity contribution in [2.45, 2.75) is 38.5 Å². The molecule has 6 aromatic heterocycles. The van der Waals surface area contributed by atoms with Gasteiger partial charge >= 0.3 is 0 Å². The maximum absolute atomic E-state index is 5.37. The number of nitrogens with zero attached hydrogens (tertiary/aromatic N) is 12. The molecule has 0 spiro atoms. The van der Waals surface area contributed by atoms with Gasteiger partial charge in [-0.05, 0) is 130 Å². The molecule has 12 nitrogen and oxygen atoms in total. The van der Waals surface area contributed by atoms with Gasteiger partial charge in [-0.25, -0.2) is 29.9 Å². The monoisotopic (exact) mass is 1030 g/mol. The fourth-order valence-corrected chi connectivity index (χ4v) is 11.5. The third-order valence-corrected chi connectivity index (χ3v) is 15.5. The van der Waals surface area contributed by atoms with Crippen molar-refractivity contribution in [3.05, 3.63) is 254 Å². The van der Waals surface area contributed by atoms with Gasteiger partial charge in [0, 0.05) is 81.6 Å². The zero-order valence-electron chi connectivity index (χ0n) is 44.3. The summed E-state index contributed by atoms with van der Waals surface area (Å²) in [6, 6.07) is 67.0. The van der Waals surface area contributed by atoms with E-state index in [1.165, 1.54) is 22.3 Å². The highest BCUT2D eigenvalue weighted by molar-refractivity contribution is 5.96. The normalized spacial score (nSPS) is 13.7. The first kappa shape index (κ1) is 48.0. The van der Waals surface area contributed by atoms with Gasteiger partial charge in [-0.2, -0.15) is 0 Å². The second-order valence-corrected chi connectivity index (χ2v) is 21.0. The van der Waals surface area contributed by atoms with Crippen molar-refractivity contribution in [1.82, 2.24) is 49.8 Å². The predicted molar refractivity (Wildman–Crippen MR) is 316 cm³/mol. The van der Waals surface area contributed by atoms with Crippen LogP contribution in [0.4, 0.5) is 34.1 Å². The van der Waals surface area contributed by atoms with Gasteiger partial charge in [0.1, 0.15) is 11.4 Å². The van der Waals surface area contributed by atoms with Crippen LogP contribution in [0, 0.1) is 0 Å². The van der Waals surface area contributed by atoms with E-state index in [0.29, 0.717) is 46.3 Å². The van der Waals surface area contributed by atoms with Crippen molar-refractivity contribution in [2.75, 3.05) is 9.80 Å². The van der Waals surface area contributed by atoms with Crippen LogP contribution >= 0.6 is 0 Å². The highest BCUT2D eigenvalue weighted by Gasteiger charge is 2.39. The van der Waals surface area contributed by atoms with Crippen LogP contribution in [0.15, 0.2) is 231 Å². The number of anilines is 6. The average molecular weight is 1040 g/mol. The van der Waals surface area contributed by atoms with Gasteiger partial charge in [0.25, 0.3) is 0 Å². The SMILES string of the molecule is CC1(C)c2ccccc2N(c2ccc(-c3ccc(N4c5ccccc5C(C)(C)c5ccccc54)cc3-c3nc(-c4cccnc4)nc(-c4ccccn4)n3)c(-c3nc(-c4cccnc4)nc(-c4ccccn4)n3)c2)c2ccccc21. The first-order valence-electron chi connectivity index (χ1n) is 26.6. The lowest BCUT2D eigenvalue weighted by Gasteiger charge is -2.42. The zero-order valence-corrected chi connectivity index (χ0v) is 44.3. The fourth-order valence-electron chi connectivity index (χ4n) is 11.5. The Hall–Kier alpha value is -10.5. The van der Waals surface area contributed by atoms with Crippen molar-refractivity contribution in [1.29, 1.82) is 0 Å². The summed E-state index contributed by atoms with van der Waals surface area (Å²) in [5.41, 5.74) is 16.3. The molecule has 0 radical (unpaired) electrons. The summed E-state index contributed by atoms with van der Waals surface area (Å²) in [7, 11) is 0. The van der Waals surface area contributed by atoms with Crippen LogP contribution in [0.1, 0.15) is 49.9 Å². The maximum atomic E-state index is 5.37. The van der Waals surface area contributed by atoms with Crippen molar-refractivity contribution < 1.29 is 0 Å². The van der Waals surface area contributed by atoms with E-state index in [-0.39, 0.29) is 10.8 Å². The molecule has 2 aliphatic rings. The highest BCUT2D eigenvalue weighted by atomic mass is 15.2. The molecule has 0 atom stereocenters. The Bertz CT molecular complexity index is 3830. The van der Waals surface area contributed by atoms with Gasteiger partial charge in [-0.15, -0.1) is 0 Å². The Morgan fingerprint density at radius 2 is 0.650 bits per heavy atom. The van der Waals surface area contributed by atoms with E-state index in [1.54, 1.807) is 37.2 Å². The number of benzene rings is 6. The molecule has 0 saturated heterocycles. The first-order valence-corrected chi connectivity index (χ1v) is 26.6. The van der Waals surface area contributed by atoms with Crippen LogP contribution in [0.25, 0.3) is 79.7 Å². The van der Waals surface area contributed by atoms with E-state index in [9.17, 15) is 0 Å². The molecule has 80 heavy (non-hydrogen) atoms. The number of rotatable bonds is 9. The molecule has 12 aromatic rings. The Balaban J connectivity index is 1.08. The van der Waals surface area contributed by atoms with Crippen LogP contribution in [0.3, 0.4) is 0 Å². The van der Waals surface area contributed by atoms with Crippen LogP contribution < -0.4 is 9.80 Å². The maximum Gasteiger partial charge on any atom is 0.182 e. The van der Waals surface area contributed by atoms with Gasteiger partial charge in [0.15, 0.2) is 34.9 Å². The Kier molecular flexibility index (Phi) is 11.5. The minimum Gasteiger partial charge on any atom is -0.310 e. The van der Waals surface area contributed by atoms with E-state index in [2.05, 4.69) is 181 Å². The topological polar surface area (TPSA) is 135 Å². The second kappa shape index (κ2) is 19.2. The summed E-state index contributed by atoms with van der Waals surface area (Å²) in [5.74, 6) is 2.62. The van der Waals surface area contributed by atoms with Gasteiger partial charge in [0.05, 0.1) is 22.7 Å². The minimum absolute atomic E-state index is 0.272. The van der Waals surface area contributed by atoms with E-state index >= 15 is 0 Å². The lowest BCUT2D eigenvalue weighted by atomic mass is 9.73. The molecule has 8 heterocycles. The summed E-state index contributed by atoms with van der Waals surface area (Å²) in [6.45, 7) is 9.20. The quantitative estimate of drug-likeness (QED) is 0.136. The van der Waals surface area contributed by atoms with Crippen LogP contribution in [0.5, 0.6) is 0 Å². The fraction of sp³-hybridized carbons (Fsp3) is 0.0882. The van der Waals surface area contributed by atoms with Gasteiger partial charge in [-0.3, -0.25) is 19.9 Å². The van der Waals surface area contributed by atoms with E-state index < -0.39 is 0 Å². The number of hydrogen-bond donors (Lipinski definition) is 0. The number of fused-ring (bicyclic) bond motifs is 4. The molecule has 0 unspecified atom stereocenters. The first-order chi connectivity index (χ1) is 39.2. The molecule has 0 amide bonds. The van der Waals surface area contributed by atoms with Crippen molar-refractivity contribution in [3.8, 4) is 79.7 Å². The Labute approximate surface area is 463 Å². The smallest absolute Gasteiger partial charge is 0.182 e. The molecule has 0 aliphatic carbocycles. The average Bonchev–Trinajstić information content (AvgIpc) is 3.31. The second-order valence-electron chi connectivity index (χ2n) is 21.0. The molecule has 0 N–H and O–H groups in total. The summed E-state index contributed by atoms with van der Waals surface area (Å²) in [5, 5.41) is 0. The molecule has 0 saturated carbocycles. The number of pyridine rings is 4. The number of aromatic nitrogens is 10. The Morgan fingerprint density at radius 3 is 1.00 bits per heavy atom. The van der Waals surface area contributed by atoms with Crippen molar-refractivity contribution >= 4 is 34.1 Å². The number of para-hydroxylation sites is 4. The van der Waals surface area contributed by atoms with Crippen LogP contribution in [0.2, 0.25) is 0 Å². The summed E-state index contributed by atoms with van der Waals surface area (Å²) in [6.07, 6.45) is 10.5. The molecule has 0 bridgehead atoms. The van der Waals surface area contributed by atoms with E-state index in [0.717, 1.165) is 67.5 Å². The number of hydrogen-bond acceptors (Lipinski definition) is 12. The lowest BCUT2D eigenvalue weighted by Crippen LogP contribution is -2.30. The molecule has 14 rings (SSSR count). The third-order valence-electron chi connectivity index (χ3n) is 15.5. The largest absolute Gasteiger partial charge is 0.310 e. The molecular formula is C68H50N12. The lowest BCUT2D eigenvalue weighted by molar-refractivity contribution is 0.632. The van der Waals surface area contributed by atoms with Gasteiger partial charge in [-0.1, -0.05) is 125 Å². The third kappa shape index (κ3) is 8.15. The predicted octanol–water partition coefficient (Wildman–Crippen LogP) is 15.5. The summed E-state index contributed by atoms with van der Waals surface area (Å²) in [4.78, 5) is 54.8. The zero-order chi connectivity index (χ0) is 54.0. The van der Waals surface area contributed by atoms with Crippen molar-refractivity contribution in [3.63, 3.8) is 0 Å². The molecular weight excluding hydrogens is 985 g/mol. The minimum atomic E-state index is -0.272. The molecule has 2 aliphatic heterocycles. The molecule has 12 heteroatoms. The highest BCUT2D eigenvalue weighted by Crippen LogP contribution is 2.55. The standard InChI is InChI=1S/C68H50N12/c1-67(2)51-21-5-9-27-57(51)79(58-28-10-6-22-52(58)67)45-31-33-47(49(39-45)63-73-61(43-19-17-35-69-41-43)75-65(77-63)55-25-13-15-37-71-55)48-34-32-46(80-59-29-11-7-23-53(59)68(3,4)54-24-8-12-30-60(54)80)40-50(48)64-74-62(44-20-18-36-70-42-44)76-66(78-64)56-26-14-16-38-72-56/h5-42H,1-4H3. The van der Waals surface area contributed by atoms with E-state index in [1.807, 2.05) is 60.7 Å². The Morgan fingerprint density at radius 1 is 0.300 bits per heavy atom. The van der Waals surface area contributed by atoms with Gasteiger partial charge < -0.3 is 9.80 Å². The summed E-state index contributed by atoms with van der Waals surface area (Å²) >= 11 is 0. The van der Waals surface area contributed by atoms with Crippen LogP contribution in [-0.2, 0) is 10.8 Å². The summed E-state index contributed by atoms with van der Waals surface area (Å²) < 4.78 is 0. The van der Waals surface area contributed by atoms with Gasteiger partial charge in [0.2, 0.25) is 0 Å².